The van der Waals surface area contributed by atoms with Gasteiger partial charge < -0.3 is 19.3 Å². The Morgan fingerprint density at radius 2 is 1.97 bits per heavy atom. The van der Waals surface area contributed by atoms with Crippen LogP contribution in [0.1, 0.15) is 41.1 Å². The third-order valence-electron chi connectivity index (χ3n) is 4.94. The second kappa shape index (κ2) is 9.38. The number of hydrogen-bond donors (Lipinski definition) is 1. The molecule has 31 heavy (non-hydrogen) atoms. The van der Waals surface area contributed by atoms with Crippen molar-refractivity contribution in [3.63, 3.8) is 0 Å². The lowest BCUT2D eigenvalue weighted by Gasteiger charge is -2.28. The van der Waals surface area contributed by atoms with E-state index < -0.39 is 11.5 Å². The van der Waals surface area contributed by atoms with Crippen LogP contribution in [0, 0.1) is 12.7 Å². The smallest absolute Gasteiger partial charge is 0.263 e. The van der Waals surface area contributed by atoms with Crippen molar-refractivity contribution in [3.8, 4) is 0 Å². The molecule has 0 aliphatic rings. The fourth-order valence-corrected chi connectivity index (χ4v) is 3.29. The van der Waals surface area contributed by atoms with Crippen LogP contribution in [-0.4, -0.2) is 33.5 Å². The highest BCUT2D eigenvalue weighted by Gasteiger charge is 2.22. The molecule has 0 aliphatic carbocycles. The Morgan fingerprint density at radius 1 is 1.26 bits per heavy atom. The summed E-state index contributed by atoms with van der Waals surface area (Å²) in [5.74, 6) is -0.608. The lowest BCUT2D eigenvalue weighted by molar-refractivity contribution is -0.132. The van der Waals surface area contributed by atoms with Crippen LogP contribution in [0.2, 0.25) is 0 Å². The molecule has 0 radical (unpaired) electrons. The summed E-state index contributed by atoms with van der Waals surface area (Å²) in [7, 11) is 1.63. The molecule has 0 aliphatic heterocycles. The SMILES string of the molecule is CC[C@@H](c1ccc(F)cc1)N(C)C(=O)Cn1cccc(C(=O)Nc2cc(C)on2)c1=O. The molecular formula is C22H23FN4O4. The first-order valence-electron chi connectivity index (χ1n) is 9.75. The molecule has 162 valence electrons. The number of hydrogen-bond acceptors (Lipinski definition) is 5. The normalized spacial score (nSPS) is 11.7. The third kappa shape index (κ3) is 5.06. The zero-order valence-corrected chi connectivity index (χ0v) is 17.5. The van der Waals surface area contributed by atoms with Crippen LogP contribution in [0.5, 0.6) is 0 Å². The molecule has 8 nitrogen and oxygen atoms in total. The molecule has 2 heterocycles. The van der Waals surface area contributed by atoms with Crippen molar-refractivity contribution in [1.29, 1.82) is 0 Å². The summed E-state index contributed by atoms with van der Waals surface area (Å²) in [5, 5.41) is 6.16. The van der Waals surface area contributed by atoms with E-state index in [1.807, 2.05) is 6.92 Å². The average molecular weight is 426 g/mol. The third-order valence-corrected chi connectivity index (χ3v) is 4.94. The highest BCUT2D eigenvalue weighted by atomic mass is 19.1. The number of rotatable bonds is 7. The Morgan fingerprint density at radius 3 is 2.58 bits per heavy atom. The summed E-state index contributed by atoms with van der Waals surface area (Å²) >= 11 is 0. The fourth-order valence-electron chi connectivity index (χ4n) is 3.29. The quantitative estimate of drug-likeness (QED) is 0.626. The number of aromatic nitrogens is 2. The van der Waals surface area contributed by atoms with Crippen molar-refractivity contribution in [2.45, 2.75) is 32.9 Å². The molecule has 3 rings (SSSR count). The summed E-state index contributed by atoms with van der Waals surface area (Å²) in [6.07, 6.45) is 2.06. The predicted molar refractivity (Wildman–Crippen MR) is 112 cm³/mol. The van der Waals surface area contributed by atoms with E-state index in [-0.39, 0.29) is 35.7 Å². The molecule has 2 amide bonds. The van der Waals surface area contributed by atoms with E-state index in [1.54, 1.807) is 26.1 Å². The molecule has 0 saturated heterocycles. The minimum atomic E-state index is -0.647. The molecule has 0 unspecified atom stereocenters. The van der Waals surface area contributed by atoms with Crippen molar-refractivity contribution in [3.05, 3.63) is 81.7 Å². The van der Waals surface area contributed by atoms with E-state index in [0.29, 0.717) is 12.2 Å². The van der Waals surface area contributed by atoms with Crippen LogP contribution in [-0.2, 0) is 11.3 Å². The molecule has 1 atom stereocenters. The number of anilines is 1. The molecule has 1 N–H and O–H groups in total. The molecular weight excluding hydrogens is 403 g/mol. The van der Waals surface area contributed by atoms with Gasteiger partial charge in [0.15, 0.2) is 5.82 Å². The minimum absolute atomic E-state index is 0.121. The monoisotopic (exact) mass is 426 g/mol. The van der Waals surface area contributed by atoms with Crippen LogP contribution in [0.25, 0.3) is 0 Å². The number of nitrogens with zero attached hydrogens (tertiary/aromatic N) is 3. The fraction of sp³-hybridized carbons (Fsp3) is 0.273. The maximum absolute atomic E-state index is 13.2. The second-order valence-corrected chi connectivity index (χ2v) is 7.11. The second-order valence-electron chi connectivity index (χ2n) is 7.11. The highest BCUT2D eigenvalue weighted by molar-refractivity contribution is 6.03. The van der Waals surface area contributed by atoms with E-state index in [1.165, 1.54) is 46.0 Å². The largest absolute Gasteiger partial charge is 0.360 e. The number of nitrogens with one attached hydrogen (secondary N) is 1. The Labute approximate surface area is 178 Å². The number of pyridine rings is 1. The van der Waals surface area contributed by atoms with Crippen LogP contribution < -0.4 is 10.9 Å². The molecule has 1 aromatic carbocycles. The van der Waals surface area contributed by atoms with Crippen molar-refractivity contribution < 1.29 is 18.5 Å². The highest BCUT2D eigenvalue weighted by Crippen LogP contribution is 2.23. The van der Waals surface area contributed by atoms with Crippen molar-refractivity contribution in [1.82, 2.24) is 14.6 Å². The lowest BCUT2D eigenvalue weighted by atomic mass is 10.0. The number of aryl methyl sites for hydroxylation is 1. The van der Waals surface area contributed by atoms with E-state index in [9.17, 15) is 18.8 Å². The van der Waals surface area contributed by atoms with Gasteiger partial charge in [0.1, 0.15) is 23.7 Å². The zero-order chi connectivity index (χ0) is 22.5. The lowest BCUT2D eigenvalue weighted by Crippen LogP contribution is -2.37. The van der Waals surface area contributed by atoms with Gasteiger partial charge in [-0.3, -0.25) is 14.4 Å². The first kappa shape index (κ1) is 21.9. The van der Waals surface area contributed by atoms with Crippen molar-refractivity contribution in [2.75, 3.05) is 12.4 Å². The van der Waals surface area contributed by atoms with Crippen LogP contribution in [0.4, 0.5) is 10.2 Å². The van der Waals surface area contributed by atoms with E-state index in [2.05, 4.69) is 10.5 Å². The van der Waals surface area contributed by atoms with Gasteiger partial charge in [-0.25, -0.2) is 4.39 Å². The number of amides is 2. The van der Waals surface area contributed by atoms with Gasteiger partial charge in [-0.05, 0) is 43.2 Å². The number of likely N-dealkylation sites (N-methyl/N-ethyl adjacent to an activating group) is 1. The maximum atomic E-state index is 13.2. The first-order valence-corrected chi connectivity index (χ1v) is 9.75. The number of halogens is 1. The maximum Gasteiger partial charge on any atom is 0.263 e. The molecule has 0 bridgehead atoms. The van der Waals surface area contributed by atoms with Gasteiger partial charge in [-0.15, -0.1) is 0 Å². The Bertz CT molecular complexity index is 1140. The molecule has 0 spiro atoms. The van der Waals surface area contributed by atoms with Gasteiger partial charge >= 0.3 is 0 Å². The number of carbonyl (C=O) groups is 2. The standard InChI is InChI=1S/C22H23FN4O4/c1-4-18(15-7-9-16(23)10-8-15)26(3)20(28)13-27-11-5-6-17(22(27)30)21(29)24-19-12-14(2)31-25-19/h5-12,18H,4,13H2,1-3H3,(H,24,25,29)/t18-/m0/s1. The average Bonchev–Trinajstić information content (AvgIpc) is 3.15. The van der Waals surface area contributed by atoms with Gasteiger partial charge in [0.2, 0.25) is 5.91 Å². The van der Waals surface area contributed by atoms with Gasteiger partial charge in [-0.2, -0.15) is 0 Å². The summed E-state index contributed by atoms with van der Waals surface area (Å²) in [6, 6.07) is 10.1. The van der Waals surface area contributed by atoms with Crippen LogP contribution >= 0.6 is 0 Å². The van der Waals surface area contributed by atoms with Crippen molar-refractivity contribution in [2.24, 2.45) is 0 Å². The molecule has 0 fully saturated rings. The van der Waals surface area contributed by atoms with Gasteiger partial charge in [0.25, 0.3) is 11.5 Å². The van der Waals surface area contributed by atoms with Gasteiger partial charge in [0, 0.05) is 19.3 Å². The molecule has 3 aromatic rings. The predicted octanol–water partition coefficient (Wildman–Crippen LogP) is 3.15. The van der Waals surface area contributed by atoms with E-state index in [4.69, 9.17) is 4.52 Å². The summed E-state index contributed by atoms with van der Waals surface area (Å²) in [5.41, 5.74) is 0.0733. The van der Waals surface area contributed by atoms with E-state index in [0.717, 1.165) is 5.56 Å². The van der Waals surface area contributed by atoms with Gasteiger partial charge in [0.05, 0.1) is 6.04 Å². The Hall–Kier alpha value is -3.75. The first-order chi connectivity index (χ1) is 14.8. The number of benzene rings is 1. The Kier molecular flexibility index (Phi) is 6.64. The molecule has 2 aromatic heterocycles. The number of carbonyl (C=O) groups excluding carboxylic acids is 2. The topological polar surface area (TPSA) is 97.4 Å². The minimum Gasteiger partial charge on any atom is -0.360 e. The summed E-state index contributed by atoms with van der Waals surface area (Å²) in [6.45, 7) is 3.35. The van der Waals surface area contributed by atoms with Crippen LogP contribution in [0.15, 0.2) is 58.0 Å². The summed E-state index contributed by atoms with van der Waals surface area (Å²) < 4.78 is 19.3. The van der Waals surface area contributed by atoms with E-state index >= 15 is 0 Å². The summed E-state index contributed by atoms with van der Waals surface area (Å²) in [4.78, 5) is 39.6. The van der Waals surface area contributed by atoms with Gasteiger partial charge in [-0.1, -0.05) is 24.2 Å². The Balaban J connectivity index is 1.76. The zero-order valence-electron chi connectivity index (χ0n) is 17.5. The molecule has 9 heteroatoms. The van der Waals surface area contributed by atoms with Crippen molar-refractivity contribution >= 4 is 17.6 Å². The van der Waals surface area contributed by atoms with Crippen LogP contribution in [0.3, 0.4) is 0 Å². The molecule has 0 saturated carbocycles.